The number of phenols is 1. The van der Waals surface area contributed by atoms with Crippen LogP contribution in [0.5, 0.6) is 5.75 Å². The van der Waals surface area contributed by atoms with Crippen LogP contribution in [0.3, 0.4) is 0 Å². The van der Waals surface area contributed by atoms with Gasteiger partial charge in [0.2, 0.25) is 0 Å². The molecule has 0 unspecified atom stereocenters. The number of esters is 1. The lowest BCUT2D eigenvalue weighted by atomic mass is 10.1. The maximum Gasteiger partial charge on any atom is 0.361 e. The van der Waals surface area contributed by atoms with E-state index in [4.69, 9.17) is 4.74 Å². The average molecular weight is 485 g/mol. The van der Waals surface area contributed by atoms with E-state index in [1.54, 1.807) is 13.0 Å². The van der Waals surface area contributed by atoms with Crippen LogP contribution in [-0.4, -0.2) is 33.1 Å². The minimum Gasteiger partial charge on any atom is -0.506 e. The highest BCUT2D eigenvalue weighted by Crippen LogP contribution is 2.35. The van der Waals surface area contributed by atoms with E-state index in [0.717, 1.165) is 3.57 Å². The molecule has 0 aliphatic heterocycles. The number of hydrogen-bond acceptors (Lipinski definition) is 5. The maximum absolute atomic E-state index is 11.8. The van der Waals surface area contributed by atoms with E-state index >= 15 is 0 Å². The van der Waals surface area contributed by atoms with E-state index in [0.29, 0.717) is 9.13 Å². The number of H-pyrrole nitrogens is 1. The Balaban J connectivity index is 2.54. The van der Waals surface area contributed by atoms with Crippen molar-refractivity contribution in [2.45, 2.75) is 6.92 Å². The van der Waals surface area contributed by atoms with Crippen LogP contribution in [0.15, 0.2) is 12.1 Å². The largest absolute Gasteiger partial charge is 0.506 e. The van der Waals surface area contributed by atoms with Crippen molar-refractivity contribution in [2.24, 2.45) is 0 Å². The molecule has 0 saturated heterocycles. The fraction of sp³-hybridized carbons (Fsp3) is 0.182. The van der Waals surface area contributed by atoms with E-state index in [1.165, 1.54) is 0 Å². The Labute approximate surface area is 136 Å². The summed E-state index contributed by atoms with van der Waals surface area (Å²) >= 11 is 4.14. The first-order valence-corrected chi connectivity index (χ1v) is 7.46. The van der Waals surface area contributed by atoms with Crippen molar-refractivity contribution in [1.82, 2.24) is 15.4 Å². The number of halogens is 2. The van der Waals surface area contributed by atoms with Gasteiger partial charge in [-0.1, -0.05) is 0 Å². The molecule has 100 valence electrons. The summed E-state index contributed by atoms with van der Waals surface area (Å²) in [7, 11) is 0. The molecule has 0 saturated carbocycles. The lowest BCUT2D eigenvalue weighted by Gasteiger charge is -2.06. The lowest BCUT2D eigenvalue weighted by Crippen LogP contribution is -2.07. The van der Waals surface area contributed by atoms with Crippen LogP contribution in [0.1, 0.15) is 17.4 Å². The molecule has 1 heterocycles. The van der Waals surface area contributed by atoms with Crippen molar-refractivity contribution >= 4 is 51.2 Å². The molecule has 0 amide bonds. The van der Waals surface area contributed by atoms with Gasteiger partial charge in [-0.05, 0) is 64.2 Å². The van der Waals surface area contributed by atoms with Gasteiger partial charge < -0.3 is 9.84 Å². The molecule has 0 aliphatic carbocycles. The summed E-state index contributed by atoms with van der Waals surface area (Å²) in [5.41, 5.74) is 0.801. The zero-order valence-electron chi connectivity index (χ0n) is 9.78. The van der Waals surface area contributed by atoms with E-state index in [2.05, 4.69) is 38.0 Å². The molecular weight excluding hydrogens is 476 g/mol. The van der Waals surface area contributed by atoms with Gasteiger partial charge in [0.1, 0.15) is 11.4 Å². The number of nitrogens with zero attached hydrogens (tertiary/aromatic N) is 2. The molecule has 0 atom stereocenters. The van der Waals surface area contributed by atoms with Crippen molar-refractivity contribution in [1.29, 1.82) is 0 Å². The lowest BCUT2D eigenvalue weighted by molar-refractivity contribution is 0.0520. The van der Waals surface area contributed by atoms with Crippen molar-refractivity contribution in [3.63, 3.8) is 0 Å². The number of nitrogens with one attached hydrogen (secondary N) is 1. The summed E-state index contributed by atoms with van der Waals surface area (Å²) in [5.74, 6) is -0.500. The van der Waals surface area contributed by atoms with Crippen LogP contribution in [0.2, 0.25) is 0 Å². The van der Waals surface area contributed by atoms with Crippen LogP contribution in [0.25, 0.3) is 11.3 Å². The van der Waals surface area contributed by atoms with E-state index < -0.39 is 5.97 Å². The van der Waals surface area contributed by atoms with Crippen LogP contribution in [0, 0.1) is 7.14 Å². The standard InChI is InChI=1S/C11H9I2N3O3/c1-2-19-11(18)9-8(14-16-15-9)6-3-5(12)4-7(13)10(6)17/h3-4,17H,2H2,1H3,(H,14,15,16). The topological polar surface area (TPSA) is 88.1 Å². The van der Waals surface area contributed by atoms with E-state index in [9.17, 15) is 9.90 Å². The highest BCUT2D eigenvalue weighted by molar-refractivity contribution is 14.1. The minimum atomic E-state index is -0.570. The molecule has 0 spiro atoms. The Morgan fingerprint density at radius 2 is 2.16 bits per heavy atom. The van der Waals surface area contributed by atoms with Crippen molar-refractivity contribution in [3.8, 4) is 17.0 Å². The second-order valence-electron chi connectivity index (χ2n) is 3.53. The molecule has 0 fully saturated rings. The molecule has 0 radical (unpaired) electrons. The quantitative estimate of drug-likeness (QED) is 0.516. The second-order valence-corrected chi connectivity index (χ2v) is 5.93. The Morgan fingerprint density at radius 3 is 2.84 bits per heavy atom. The number of aromatic amines is 1. The number of aromatic nitrogens is 3. The van der Waals surface area contributed by atoms with Gasteiger partial charge in [-0.25, -0.2) is 4.79 Å². The van der Waals surface area contributed by atoms with Crippen LogP contribution >= 0.6 is 45.2 Å². The van der Waals surface area contributed by atoms with Crippen molar-refractivity contribution in [3.05, 3.63) is 25.0 Å². The van der Waals surface area contributed by atoms with Crippen LogP contribution < -0.4 is 0 Å². The molecule has 0 aliphatic rings. The summed E-state index contributed by atoms with van der Waals surface area (Å²) in [6.45, 7) is 1.96. The Hall–Kier alpha value is -0.910. The van der Waals surface area contributed by atoms with Crippen LogP contribution in [-0.2, 0) is 4.74 Å². The smallest absolute Gasteiger partial charge is 0.361 e. The first-order valence-electron chi connectivity index (χ1n) is 5.30. The van der Waals surface area contributed by atoms with Crippen LogP contribution in [0.4, 0.5) is 0 Å². The Kier molecular flexibility index (Phi) is 4.60. The number of carbonyl (C=O) groups is 1. The average Bonchev–Trinajstić information content (AvgIpc) is 2.83. The number of phenolic OH excluding ortho intramolecular Hbond substituents is 1. The van der Waals surface area contributed by atoms with Crippen molar-refractivity contribution < 1.29 is 14.6 Å². The molecular formula is C11H9I2N3O3. The SMILES string of the molecule is CCOC(=O)c1n[nH]nc1-c1cc(I)cc(I)c1O. The van der Waals surface area contributed by atoms with Gasteiger partial charge in [-0.2, -0.15) is 10.3 Å². The summed E-state index contributed by atoms with van der Waals surface area (Å²) < 4.78 is 6.50. The van der Waals surface area contributed by atoms with Gasteiger partial charge in [0, 0.05) is 9.13 Å². The fourth-order valence-corrected chi connectivity index (χ4v) is 3.35. The third-order valence-electron chi connectivity index (χ3n) is 2.30. The molecule has 2 aromatic rings. The summed E-state index contributed by atoms with van der Waals surface area (Å²) in [4.78, 5) is 11.8. The number of benzene rings is 1. The molecule has 19 heavy (non-hydrogen) atoms. The third-order valence-corrected chi connectivity index (χ3v) is 3.75. The molecule has 8 heteroatoms. The monoisotopic (exact) mass is 485 g/mol. The second kappa shape index (κ2) is 6.03. The molecule has 1 aromatic heterocycles. The summed E-state index contributed by atoms with van der Waals surface area (Å²) in [5, 5.41) is 20.2. The Morgan fingerprint density at radius 1 is 1.42 bits per heavy atom. The first-order chi connectivity index (χ1) is 9.04. The zero-order chi connectivity index (χ0) is 14.0. The van der Waals surface area contributed by atoms with Gasteiger partial charge in [-0.3, -0.25) is 0 Å². The number of carbonyl (C=O) groups excluding carboxylic acids is 1. The zero-order valence-corrected chi connectivity index (χ0v) is 14.1. The van der Waals surface area contributed by atoms with Gasteiger partial charge in [0.15, 0.2) is 5.69 Å². The first kappa shape index (κ1) is 14.5. The van der Waals surface area contributed by atoms with E-state index in [1.807, 2.05) is 28.7 Å². The fourth-order valence-electron chi connectivity index (χ4n) is 1.51. The molecule has 2 N–H and O–H groups in total. The van der Waals surface area contributed by atoms with Gasteiger partial charge in [0.05, 0.1) is 10.2 Å². The summed E-state index contributed by atoms with van der Waals surface area (Å²) in [6, 6.07) is 3.56. The summed E-state index contributed by atoms with van der Waals surface area (Å²) in [6.07, 6.45) is 0. The van der Waals surface area contributed by atoms with Gasteiger partial charge in [-0.15, -0.1) is 5.10 Å². The molecule has 6 nitrogen and oxygen atoms in total. The van der Waals surface area contributed by atoms with Crippen molar-refractivity contribution in [2.75, 3.05) is 6.61 Å². The number of rotatable bonds is 3. The van der Waals surface area contributed by atoms with Gasteiger partial charge in [0.25, 0.3) is 0 Å². The number of aromatic hydroxyl groups is 1. The maximum atomic E-state index is 11.8. The highest BCUT2D eigenvalue weighted by Gasteiger charge is 2.22. The van der Waals surface area contributed by atoms with Gasteiger partial charge >= 0.3 is 5.97 Å². The predicted molar refractivity (Wildman–Crippen MR) is 84.9 cm³/mol. The predicted octanol–water partition coefficient (Wildman–Crippen LogP) is 2.56. The normalized spacial score (nSPS) is 10.5. The molecule has 0 bridgehead atoms. The molecule has 1 aromatic carbocycles. The number of ether oxygens (including phenoxy) is 1. The van der Waals surface area contributed by atoms with E-state index in [-0.39, 0.29) is 23.7 Å². The molecule has 2 rings (SSSR count). The number of hydrogen-bond donors (Lipinski definition) is 2. The Bertz CT molecular complexity index is 628. The highest BCUT2D eigenvalue weighted by atomic mass is 127. The third kappa shape index (κ3) is 2.99. The minimum absolute atomic E-state index is 0.0648.